The Hall–Kier alpha value is -2.86. The summed E-state index contributed by atoms with van der Waals surface area (Å²) < 4.78 is 11.6. The first-order chi connectivity index (χ1) is 13.0. The zero-order valence-corrected chi connectivity index (χ0v) is 15.3. The molecule has 1 N–H and O–H groups in total. The van der Waals surface area contributed by atoms with Gasteiger partial charge in [-0.15, -0.1) is 0 Å². The number of hydrogen-bond acceptors (Lipinski definition) is 4. The summed E-state index contributed by atoms with van der Waals surface area (Å²) in [5.74, 6) is 0.0917. The number of anilines is 1. The van der Waals surface area contributed by atoms with Gasteiger partial charge in [-0.25, -0.2) is 0 Å². The molecule has 0 bridgehead atoms. The van der Waals surface area contributed by atoms with E-state index in [1.54, 1.807) is 25.1 Å². The molecule has 1 fully saturated rings. The second kappa shape index (κ2) is 7.04. The Balaban J connectivity index is 1.70. The van der Waals surface area contributed by atoms with Gasteiger partial charge in [0.05, 0.1) is 30.0 Å². The maximum absolute atomic E-state index is 13.5. The van der Waals surface area contributed by atoms with Crippen molar-refractivity contribution in [3.05, 3.63) is 59.7 Å². The van der Waals surface area contributed by atoms with Gasteiger partial charge >= 0.3 is 0 Å². The number of carbonyl (C=O) groups excluding carboxylic acids is 2. The molecule has 0 saturated carbocycles. The first-order valence-corrected chi connectivity index (χ1v) is 9.12. The maximum atomic E-state index is 13.5. The Kier molecular flexibility index (Phi) is 4.58. The van der Waals surface area contributed by atoms with Gasteiger partial charge in [0.15, 0.2) is 11.9 Å². The van der Waals surface area contributed by atoms with E-state index in [0.29, 0.717) is 30.2 Å². The number of benzene rings is 2. The van der Waals surface area contributed by atoms with E-state index in [1.165, 1.54) is 0 Å². The van der Waals surface area contributed by atoms with Crippen LogP contribution in [0.2, 0.25) is 0 Å². The Morgan fingerprint density at radius 3 is 2.67 bits per heavy atom. The van der Waals surface area contributed by atoms with E-state index in [2.05, 4.69) is 5.32 Å². The van der Waals surface area contributed by atoms with Gasteiger partial charge in [0.1, 0.15) is 0 Å². The minimum atomic E-state index is -0.639. The zero-order valence-electron chi connectivity index (χ0n) is 15.3. The summed E-state index contributed by atoms with van der Waals surface area (Å²) in [4.78, 5) is 27.2. The molecule has 1 saturated heterocycles. The van der Waals surface area contributed by atoms with Crippen LogP contribution >= 0.6 is 0 Å². The van der Waals surface area contributed by atoms with Crippen molar-refractivity contribution in [3.8, 4) is 5.75 Å². The second-order valence-electron chi connectivity index (χ2n) is 6.96. The standard InChI is InChI=1S/C21H22N2O4/c1-13-11-23(18(12-26-13)15-7-4-3-5-8-15)21(25)16-9-6-10-17-19(16)27-14(2)20(24)22-17/h3-10,13-14,18H,11-12H2,1-2H3,(H,22,24). The smallest absolute Gasteiger partial charge is 0.265 e. The predicted octanol–water partition coefficient (Wildman–Crippen LogP) is 3.01. The van der Waals surface area contributed by atoms with E-state index in [4.69, 9.17) is 9.47 Å². The van der Waals surface area contributed by atoms with Gasteiger partial charge in [0, 0.05) is 6.54 Å². The molecular weight excluding hydrogens is 344 g/mol. The van der Waals surface area contributed by atoms with Gasteiger partial charge in [0.2, 0.25) is 0 Å². The molecule has 2 aromatic carbocycles. The molecule has 3 unspecified atom stereocenters. The van der Waals surface area contributed by atoms with E-state index in [9.17, 15) is 9.59 Å². The highest BCUT2D eigenvalue weighted by Crippen LogP contribution is 2.36. The van der Waals surface area contributed by atoms with Crippen molar-refractivity contribution < 1.29 is 19.1 Å². The Morgan fingerprint density at radius 1 is 1.11 bits per heavy atom. The highest BCUT2D eigenvalue weighted by atomic mass is 16.5. The molecule has 0 aliphatic carbocycles. The average Bonchev–Trinajstić information content (AvgIpc) is 2.68. The third-order valence-corrected chi connectivity index (χ3v) is 4.98. The van der Waals surface area contributed by atoms with Crippen LogP contribution < -0.4 is 10.1 Å². The van der Waals surface area contributed by atoms with E-state index in [0.717, 1.165) is 5.56 Å². The lowest BCUT2D eigenvalue weighted by atomic mass is 10.0. The van der Waals surface area contributed by atoms with Crippen LogP contribution in [0.3, 0.4) is 0 Å². The van der Waals surface area contributed by atoms with Crippen LogP contribution in [0.25, 0.3) is 0 Å². The molecule has 0 spiro atoms. The third kappa shape index (κ3) is 3.28. The number of carbonyl (C=O) groups is 2. The summed E-state index contributed by atoms with van der Waals surface area (Å²) in [5, 5.41) is 2.80. The van der Waals surface area contributed by atoms with Gasteiger partial charge in [-0.05, 0) is 31.5 Å². The van der Waals surface area contributed by atoms with Crippen molar-refractivity contribution in [2.45, 2.75) is 32.1 Å². The molecular formula is C21H22N2O4. The molecule has 27 heavy (non-hydrogen) atoms. The first-order valence-electron chi connectivity index (χ1n) is 9.12. The first kappa shape index (κ1) is 17.5. The molecule has 2 heterocycles. The number of morpholine rings is 1. The minimum absolute atomic E-state index is 0.0482. The number of nitrogens with one attached hydrogen (secondary N) is 1. The van der Waals surface area contributed by atoms with Crippen molar-refractivity contribution in [1.29, 1.82) is 0 Å². The highest BCUT2D eigenvalue weighted by Gasteiger charge is 2.35. The van der Waals surface area contributed by atoms with Crippen molar-refractivity contribution in [3.63, 3.8) is 0 Å². The Labute approximate surface area is 158 Å². The van der Waals surface area contributed by atoms with Crippen molar-refractivity contribution in [2.75, 3.05) is 18.5 Å². The second-order valence-corrected chi connectivity index (χ2v) is 6.96. The van der Waals surface area contributed by atoms with Gasteiger partial charge in [-0.1, -0.05) is 36.4 Å². The third-order valence-electron chi connectivity index (χ3n) is 4.98. The molecule has 3 atom stereocenters. The largest absolute Gasteiger partial charge is 0.478 e. The summed E-state index contributed by atoms with van der Waals surface area (Å²) in [7, 11) is 0. The quantitative estimate of drug-likeness (QED) is 0.887. The van der Waals surface area contributed by atoms with Crippen LogP contribution in [0, 0.1) is 0 Å². The number of rotatable bonds is 2. The molecule has 4 rings (SSSR count). The normalized spacial score (nSPS) is 24.6. The van der Waals surface area contributed by atoms with Crippen molar-refractivity contribution in [1.82, 2.24) is 4.90 Å². The molecule has 140 valence electrons. The van der Waals surface area contributed by atoms with Gasteiger partial charge in [-0.2, -0.15) is 0 Å². The number of nitrogens with zero attached hydrogens (tertiary/aromatic N) is 1. The number of ether oxygens (including phenoxy) is 2. The van der Waals surface area contributed by atoms with Gasteiger partial charge in [-0.3, -0.25) is 9.59 Å². The van der Waals surface area contributed by atoms with E-state index >= 15 is 0 Å². The minimum Gasteiger partial charge on any atom is -0.478 e. The monoisotopic (exact) mass is 366 g/mol. The van der Waals surface area contributed by atoms with Crippen LogP contribution in [0.5, 0.6) is 5.75 Å². The fourth-order valence-electron chi connectivity index (χ4n) is 3.53. The van der Waals surface area contributed by atoms with Gasteiger partial charge in [0.25, 0.3) is 11.8 Å². The summed E-state index contributed by atoms with van der Waals surface area (Å²) in [6.45, 7) is 4.56. The maximum Gasteiger partial charge on any atom is 0.265 e. The average molecular weight is 366 g/mol. The zero-order chi connectivity index (χ0) is 19.0. The molecule has 2 aliphatic heterocycles. The molecule has 6 heteroatoms. The summed E-state index contributed by atoms with van der Waals surface area (Å²) in [6.07, 6.45) is -0.687. The van der Waals surface area contributed by atoms with Crippen molar-refractivity contribution in [2.24, 2.45) is 0 Å². The molecule has 2 aromatic rings. The number of amides is 2. The number of hydrogen-bond donors (Lipinski definition) is 1. The van der Waals surface area contributed by atoms with E-state index < -0.39 is 6.10 Å². The summed E-state index contributed by atoms with van der Waals surface area (Å²) in [5.41, 5.74) is 2.01. The van der Waals surface area contributed by atoms with Crippen molar-refractivity contribution >= 4 is 17.5 Å². The lowest BCUT2D eigenvalue weighted by Crippen LogP contribution is -2.47. The van der Waals surface area contributed by atoms with Crippen LogP contribution in [0.4, 0.5) is 5.69 Å². The van der Waals surface area contributed by atoms with Gasteiger partial charge < -0.3 is 19.7 Å². The molecule has 2 aliphatic rings. The molecule has 6 nitrogen and oxygen atoms in total. The summed E-state index contributed by atoms with van der Waals surface area (Å²) >= 11 is 0. The van der Waals surface area contributed by atoms with Crippen LogP contribution in [-0.4, -0.2) is 42.1 Å². The van der Waals surface area contributed by atoms with Crippen LogP contribution in [-0.2, 0) is 9.53 Å². The number of fused-ring (bicyclic) bond motifs is 1. The molecule has 2 amide bonds. The number of para-hydroxylation sites is 1. The topological polar surface area (TPSA) is 67.9 Å². The Morgan fingerprint density at radius 2 is 1.89 bits per heavy atom. The fourth-order valence-corrected chi connectivity index (χ4v) is 3.53. The van der Waals surface area contributed by atoms with Crippen LogP contribution in [0.1, 0.15) is 35.8 Å². The lowest BCUT2D eigenvalue weighted by Gasteiger charge is -2.39. The SMILES string of the molecule is CC1CN(C(=O)c2cccc3c2OC(C)C(=O)N3)C(c2ccccc2)CO1. The molecule has 0 radical (unpaired) electrons. The fraction of sp³-hybridized carbons (Fsp3) is 0.333. The lowest BCUT2D eigenvalue weighted by molar-refractivity contribution is -0.122. The summed E-state index contributed by atoms with van der Waals surface area (Å²) in [6, 6.07) is 15.0. The van der Waals surface area contributed by atoms with Crippen LogP contribution in [0.15, 0.2) is 48.5 Å². The highest BCUT2D eigenvalue weighted by molar-refractivity contribution is 6.04. The van der Waals surface area contributed by atoms with E-state index in [1.807, 2.05) is 42.2 Å². The molecule has 0 aromatic heterocycles. The predicted molar refractivity (Wildman–Crippen MR) is 101 cm³/mol. The Bertz CT molecular complexity index is 868. The van der Waals surface area contributed by atoms with E-state index in [-0.39, 0.29) is 24.0 Å².